The van der Waals surface area contributed by atoms with Gasteiger partial charge in [-0.2, -0.15) is 0 Å². The van der Waals surface area contributed by atoms with Gasteiger partial charge < -0.3 is 10.3 Å². The molecule has 2 aromatic rings. The van der Waals surface area contributed by atoms with E-state index in [0.29, 0.717) is 11.3 Å². The highest BCUT2D eigenvalue weighted by molar-refractivity contribution is 5.80. The molecule has 0 amide bonds. The van der Waals surface area contributed by atoms with Gasteiger partial charge in [-0.05, 0) is 12.8 Å². The van der Waals surface area contributed by atoms with E-state index in [1.807, 2.05) is 4.57 Å². The minimum Gasteiger partial charge on any atom is -0.382 e. The Labute approximate surface area is 87.7 Å². The van der Waals surface area contributed by atoms with Crippen molar-refractivity contribution in [3.05, 3.63) is 25.3 Å². The minimum absolute atomic E-state index is 0.420. The maximum Gasteiger partial charge on any atom is 0.165 e. The van der Waals surface area contributed by atoms with Crippen molar-refractivity contribution in [2.45, 2.75) is 19.4 Å². The Hall–Kier alpha value is -1.91. The molecule has 0 unspecified atom stereocenters. The van der Waals surface area contributed by atoms with Gasteiger partial charge in [0.15, 0.2) is 11.5 Å². The van der Waals surface area contributed by atoms with Gasteiger partial charge in [-0.1, -0.05) is 12.7 Å². The summed E-state index contributed by atoms with van der Waals surface area (Å²) in [6.45, 7) is 6.14. The maximum absolute atomic E-state index is 5.67. The van der Waals surface area contributed by atoms with Crippen LogP contribution in [0.3, 0.4) is 0 Å². The van der Waals surface area contributed by atoms with Crippen LogP contribution in [0.15, 0.2) is 18.7 Å². The van der Waals surface area contributed by atoms with Crippen molar-refractivity contribution in [3.63, 3.8) is 0 Å². The third-order valence-electron chi connectivity index (χ3n) is 2.20. The highest BCUT2D eigenvalue weighted by Gasteiger charge is 2.06. The van der Waals surface area contributed by atoms with Crippen molar-refractivity contribution in [1.29, 1.82) is 0 Å². The summed E-state index contributed by atoms with van der Waals surface area (Å²) in [5, 5.41) is 0. The topological polar surface area (TPSA) is 69.6 Å². The molecular formula is C10H12N5. The average molecular weight is 202 g/mol. The molecule has 0 aliphatic heterocycles. The van der Waals surface area contributed by atoms with Crippen molar-refractivity contribution in [1.82, 2.24) is 19.5 Å². The fraction of sp³-hybridized carbons (Fsp3) is 0.300. The molecule has 0 bridgehead atoms. The molecule has 2 heterocycles. The first-order valence-electron chi connectivity index (χ1n) is 4.77. The Kier molecular flexibility index (Phi) is 2.62. The van der Waals surface area contributed by atoms with Crippen LogP contribution < -0.4 is 5.73 Å². The van der Waals surface area contributed by atoms with E-state index < -0.39 is 0 Å². The highest BCUT2D eigenvalue weighted by Crippen LogP contribution is 2.14. The van der Waals surface area contributed by atoms with Gasteiger partial charge in [0.25, 0.3) is 0 Å². The molecule has 2 rings (SSSR count). The zero-order valence-corrected chi connectivity index (χ0v) is 8.30. The molecule has 0 atom stereocenters. The molecule has 0 aliphatic carbocycles. The van der Waals surface area contributed by atoms with Crippen molar-refractivity contribution in [3.8, 4) is 0 Å². The summed E-state index contributed by atoms with van der Waals surface area (Å²) in [5.74, 6) is 0.420. The summed E-state index contributed by atoms with van der Waals surface area (Å²) in [6, 6.07) is 0. The Balaban J connectivity index is 2.28. The molecule has 1 radical (unpaired) electrons. The number of nitrogens with zero attached hydrogens (tertiary/aromatic N) is 4. The molecule has 15 heavy (non-hydrogen) atoms. The number of unbranched alkanes of at least 4 members (excludes halogenated alkanes) is 1. The number of imidazole rings is 1. The van der Waals surface area contributed by atoms with E-state index in [1.165, 1.54) is 6.33 Å². The van der Waals surface area contributed by atoms with Gasteiger partial charge in [0.1, 0.15) is 11.8 Å². The summed E-state index contributed by atoms with van der Waals surface area (Å²) in [6.07, 6.45) is 6.67. The summed E-state index contributed by atoms with van der Waals surface area (Å²) in [7, 11) is 0. The molecule has 0 saturated carbocycles. The van der Waals surface area contributed by atoms with E-state index in [9.17, 15) is 0 Å². The number of rotatable bonds is 4. The van der Waals surface area contributed by atoms with Crippen molar-refractivity contribution >= 4 is 17.0 Å². The standard InChI is InChI=1S/C10H12N5/c1-2-3-4-5-15-7-14-8-9(11)12-6-13-10(8)15/h1-2,6-7H,3-5H2,(H2,11,12,13). The first-order valence-corrected chi connectivity index (χ1v) is 4.77. The Morgan fingerprint density at radius 3 is 3.07 bits per heavy atom. The summed E-state index contributed by atoms with van der Waals surface area (Å²) >= 11 is 0. The zero-order valence-electron chi connectivity index (χ0n) is 8.30. The highest BCUT2D eigenvalue weighted by atomic mass is 15.1. The average Bonchev–Trinajstić information content (AvgIpc) is 2.64. The van der Waals surface area contributed by atoms with Crippen molar-refractivity contribution in [2.75, 3.05) is 5.73 Å². The quantitative estimate of drug-likeness (QED) is 0.756. The number of anilines is 1. The number of allylic oxidation sites excluding steroid dienone is 1. The third kappa shape index (κ3) is 1.81. The fourth-order valence-electron chi connectivity index (χ4n) is 1.44. The molecule has 0 fully saturated rings. The first kappa shape index (κ1) is 9.64. The predicted molar refractivity (Wildman–Crippen MR) is 57.8 cm³/mol. The van der Waals surface area contributed by atoms with E-state index in [0.717, 1.165) is 25.0 Å². The van der Waals surface area contributed by atoms with E-state index in [4.69, 9.17) is 12.3 Å². The lowest BCUT2D eigenvalue weighted by atomic mass is 10.3. The van der Waals surface area contributed by atoms with Crippen molar-refractivity contribution < 1.29 is 0 Å². The van der Waals surface area contributed by atoms with Crippen LogP contribution in [0, 0.1) is 6.58 Å². The number of aromatic nitrogens is 4. The van der Waals surface area contributed by atoms with E-state index in [1.54, 1.807) is 12.4 Å². The largest absolute Gasteiger partial charge is 0.382 e. The number of aryl methyl sites for hydroxylation is 1. The smallest absolute Gasteiger partial charge is 0.165 e. The third-order valence-corrected chi connectivity index (χ3v) is 2.20. The molecule has 5 nitrogen and oxygen atoms in total. The van der Waals surface area contributed by atoms with Gasteiger partial charge in [0, 0.05) is 6.54 Å². The Bertz CT molecular complexity index is 474. The van der Waals surface area contributed by atoms with E-state index in [2.05, 4.69) is 15.0 Å². The predicted octanol–water partition coefficient (Wildman–Crippen LogP) is 1.18. The summed E-state index contributed by atoms with van der Waals surface area (Å²) < 4.78 is 1.96. The molecule has 5 heteroatoms. The number of nitrogens with two attached hydrogens (primary N) is 1. The lowest BCUT2D eigenvalue weighted by molar-refractivity contribution is 0.661. The van der Waals surface area contributed by atoms with Crippen molar-refractivity contribution in [2.24, 2.45) is 0 Å². The van der Waals surface area contributed by atoms with E-state index >= 15 is 0 Å². The zero-order chi connectivity index (χ0) is 10.7. The van der Waals surface area contributed by atoms with Crippen LogP contribution in [0.5, 0.6) is 0 Å². The fourth-order valence-corrected chi connectivity index (χ4v) is 1.44. The van der Waals surface area contributed by atoms with E-state index in [-0.39, 0.29) is 0 Å². The Morgan fingerprint density at radius 2 is 2.27 bits per heavy atom. The van der Waals surface area contributed by atoms with Gasteiger partial charge in [0.05, 0.1) is 6.33 Å². The van der Waals surface area contributed by atoms with Crippen LogP contribution in [0.4, 0.5) is 5.82 Å². The number of hydrogen-bond acceptors (Lipinski definition) is 4. The molecule has 0 aliphatic rings. The molecule has 0 saturated heterocycles. The second-order valence-electron chi connectivity index (χ2n) is 3.25. The molecular weight excluding hydrogens is 190 g/mol. The van der Waals surface area contributed by atoms with Crippen LogP contribution in [-0.2, 0) is 6.54 Å². The molecule has 2 N–H and O–H groups in total. The van der Waals surface area contributed by atoms with Crippen LogP contribution in [0.2, 0.25) is 0 Å². The molecule has 77 valence electrons. The SMILES string of the molecule is [CH]=CCCCn1cnc2c(N)ncnc21. The number of nitrogen functional groups attached to an aromatic ring is 1. The summed E-state index contributed by atoms with van der Waals surface area (Å²) in [5.41, 5.74) is 7.11. The Morgan fingerprint density at radius 1 is 1.40 bits per heavy atom. The van der Waals surface area contributed by atoms with Gasteiger partial charge >= 0.3 is 0 Å². The van der Waals surface area contributed by atoms with Gasteiger partial charge in [-0.15, -0.1) is 0 Å². The molecule has 0 spiro atoms. The van der Waals surface area contributed by atoms with Crippen LogP contribution in [-0.4, -0.2) is 19.5 Å². The second kappa shape index (κ2) is 4.08. The molecule has 2 aromatic heterocycles. The van der Waals surface area contributed by atoms with Gasteiger partial charge in [-0.3, -0.25) is 0 Å². The second-order valence-corrected chi connectivity index (χ2v) is 3.25. The maximum atomic E-state index is 5.67. The van der Waals surface area contributed by atoms with Gasteiger partial charge in [-0.25, -0.2) is 15.0 Å². The molecule has 0 aromatic carbocycles. The van der Waals surface area contributed by atoms with Gasteiger partial charge in [0.2, 0.25) is 0 Å². The lowest BCUT2D eigenvalue weighted by Gasteiger charge is -2.01. The van der Waals surface area contributed by atoms with Crippen LogP contribution in [0.25, 0.3) is 11.2 Å². The number of hydrogen-bond donors (Lipinski definition) is 1. The first-order chi connectivity index (χ1) is 7.33. The van der Waals surface area contributed by atoms with Crippen LogP contribution >= 0.6 is 0 Å². The number of fused-ring (bicyclic) bond motifs is 1. The normalized spacial score (nSPS) is 10.7. The minimum atomic E-state index is 0.420. The lowest BCUT2D eigenvalue weighted by Crippen LogP contribution is -1.99. The monoisotopic (exact) mass is 202 g/mol. The summed E-state index contributed by atoms with van der Waals surface area (Å²) in [4.78, 5) is 12.2. The van der Waals surface area contributed by atoms with Crippen LogP contribution in [0.1, 0.15) is 12.8 Å².